The van der Waals surface area contributed by atoms with E-state index in [2.05, 4.69) is 9.97 Å². The number of esters is 1. The zero-order valence-electron chi connectivity index (χ0n) is 10.0. The van der Waals surface area contributed by atoms with Crippen molar-refractivity contribution in [3.63, 3.8) is 0 Å². The van der Waals surface area contributed by atoms with Crippen molar-refractivity contribution in [1.29, 1.82) is 0 Å². The number of nitrogens with zero attached hydrogens (tertiary/aromatic N) is 3. The number of rotatable bonds is 1. The van der Waals surface area contributed by atoms with Crippen LogP contribution in [0.2, 0.25) is 0 Å². The molecular weight excluding hydrogens is 230 g/mol. The van der Waals surface area contributed by atoms with E-state index in [-0.39, 0.29) is 5.97 Å². The summed E-state index contributed by atoms with van der Waals surface area (Å²) in [6, 6.07) is 7.72. The van der Waals surface area contributed by atoms with E-state index in [1.165, 1.54) is 13.3 Å². The van der Waals surface area contributed by atoms with Crippen LogP contribution in [0.25, 0.3) is 16.8 Å². The Hall–Kier alpha value is -2.43. The van der Waals surface area contributed by atoms with Crippen LogP contribution in [0.4, 0.5) is 0 Å². The number of para-hydroxylation sites is 2. The van der Waals surface area contributed by atoms with Gasteiger partial charge in [0.05, 0.1) is 23.7 Å². The summed E-state index contributed by atoms with van der Waals surface area (Å²) in [6.45, 7) is 1.86. The van der Waals surface area contributed by atoms with Gasteiger partial charge in [0.2, 0.25) is 5.78 Å². The Morgan fingerprint density at radius 3 is 2.89 bits per heavy atom. The number of aromatic nitrogens is 3. The predicted octanol–water partition coefficient (Wildman–Crippen LogP) is 1.98. The lowest BCUT2D eigenvalue weighted by Gasteiger charge is -2.06. The number of methoxy groups -OCH3 is 1. The summed E-state index contributed by atoms with van der Waals surface area (Å²) in [7, 11) is 1.36. The molecular formula is C13H11N3O2. The van der Waals surface area contributed by atoms with Gasteiger partial charge in [-0.15, -0.1) is 0 Å². The summed E-state index contributed by atoms with van der Waals surface area (Å²) in [5, 5.41) is 0. The lowest BCUT2D eigenvalue weighted by Crippen LogP contribution is -2.08. The van der Waals surface area contributed by atoms with E-state index in [1.54, 1.807) is 0 Å². The number of hydrogen-bond acceptors (Lipinski definition) is 4. The Morgan fingerprint density at radius 1 is 1.33 bits per heavy atom. The van der Waals surface area contributed by atoms with Crippen molar-refractivity contribution < 1.29 is 9.53 Å². The summed E-state index contributed by atoms with van der Waals surface area (Å²) in [5.74, 6) is 0.195. The van der Waals surface area contributed by atoms with Crippen LogP contribution in [-0.2, 0) is 4.74 Å². The zero-order valence-corrected chi connectivity index (χ0v) is 10.0. The lowest BCUT2D eigenvalue weighted by molar-refractivity contribution is 0.0599. The van der Waals surface area contributed by atoms with E-state index >= 15 is 0 Å². The molecule has 0 fully saturated rings. The second-order valence-electron chi connectivity index (χ2n) is 3.98. The molecule has 90 valence electrons. The van der Waals surface area contributed by atoms with E-state index in [0.717, 1.165) is 16.7 Å². The van der Waals surface area contributed by atoms with Gasteiger partial charge in [-0.2, -0.15) is 0 Å². The maximum atomic E-state index is 11.6. The van der Waals surface area contributed by atoms with Gasteiger partial charge in [-0.05, 0) is 19.1 Å². The molecule has 0 unspecified atom stereocenters. The number of benzene rings is 1. The molecule has 3 rings (SSSR count). The van der Waals surface area contributed by atoms with Crippen molar-refractivity contribution in [2.75, 3.05) is 7.11 Å². The van der Waals surface area contributed by atoms with E-state index in [0.29, 0.717) is 11.3 Å². The highest BCUT2D eigenvalue weighted by Gasteiger charge is 2.15. The maximum Gasteiger partial charge on any atom is 0.341 e. The first-order valence-corrected chi connectivity index (χ1v) is 5.53. The number of carbonyl (C=O) groups excluding carboxylic acids is 1. The van der Waals surface area contributed by atoms with Crippen molar-refractivity contribution in [3.05, 3.63) is 41.7 Å². The molecule has 0 aliphatic heterocycles. The summed E-state index contributed by atoms with van der Waals surface area (Å²) >= 11 is 0. The summed E-state index contributed by atoms with van der Waals surface area (Å²) in [6.07, 6.45) is 1.50. The van der Waals surface area contributed by atoms with Gasteiger partial charge in [0.1, 0.15) is 0 Å². The number of carbonyl (C=O) groups is 1. The third-order valence-corrected chi connectivity index (χ3v) is 2.98. The molecule has 18 heavy (non-hydrogen) atoms. The third kappa shape index (κ3) is 1.37. The number of fused-ring (bicyclic) bond motifs is 3. The van der Waals surface area contributed by atoms with Gasteiger partial charge < -0.3 is 4.74 Å². The molecule has 5 nitrogen and oxygen atoms in total. The number of aryl methyl sites for hydroxylation is 1. The van der Waals surface area contributed by atoms with Gasteiger partial charge in [-0.25, -0.2) is 14.8 Å². The van der Waals surface area contributed by atoms with Gasteiger partial charge >= 0.3 is 5.97 Å². The lowest BCUT2D eigenvalue weighted by atomic mass is 10.2. The highest BCUT2D eigenvalue weighted by Crippen LogP contribution is 2.19. The predicted molar refractivity (Wildman–Crippen MR) is 66.6 cm³/mol. The van der Waals surface area contributed by atoms with Crippen LogP contribution in [0.3, 0.4) is 0 Å². The molecule has 2 aromatic heterocycles. The molecule has 5 heteroatoms. The number of ether oxygens (including phenoxy) is 1. The van der Waals surface area contributed by atoms with Crippen molar-refractivity contribution in [1.82, 2.24) is 14.4 Å². The number of imidazole rings is 1. The Balaban J connectivity index is 2.43. The standard InChI is InChI=1S/C13H11N3O2/c1-8-9(12(17)18-2)7-14-13-15-10-5-3-4-6-11(10)16(8)13/h3-7H,1-2H3. The number of hydrogen-bond donors (Lipinski definition) is 0. The van der Waals surface area contributed by atoms with Crippen molar-refractivity contribution in [3.8, 4) is 0 Å². The first-order valence-electron chi connectivity index (χ1n) is 5.53. The first-order chi connectivity index (χ1) is 8.72. The average molecular weight is 241 g/mol. The van der Waals surface area contributed by atoms with Crippen molar-refractivity contribution in [2.45, 2.75) is 6.92 Å². The molecule has 0 bridgehead atoms. The second-order valence-corrected chi connectivity index (χ2v) is 3.98. The van der Waals surface area contributed by atoms with Gasteiger partial charge in [0.25, 0.3) is 0 Å². The highest BCUT2D eigenvalue weighted by atomic mass is 16.5. The van der Waals surface area contributed by atoms with Crippen molar-refractivity contribution in [2.24, 2.45) is 0 Å². The molecule has 0 atom stereocenters. The minimum Gasteiger partial charge on any atom is -0.465 e. The fourth-order valence-electron chi connectivity index (χ4n) is 2.08. The summed E-state index contributed by atoms with van der Waals surface area (Å²) < 4.78 is 6.60. The highest BCUT2D eigenvalue weighted by molar-refractivity contribution is 5.91. The van der Waals surface area contributed by atoms with Crippen LogP contribution in [0, 0.1) is 6.92 Å². The third-order valence-electron chi connectivity index (χ3n) is 2.98. The molecule has 2 heterocycles. The smallest absolute Gasteiger partial charge is 0.341 e. The molecule has 1 aromatic carbocycles. The SMILES string of the molecule is COC(=O)c1cnc2nc3ccccc3n2c1C. The van der Waals surface area contributed by atoms with Gasteiger partial charge in [0, 0.05) is 11.9 Å². The quantitative estimate of drug-likeness (QED) is 0.611. The monoisotopic (exact) mass is 241 g/mol. The van der Waals surface area contributed by atoms with Crippen LogP contribution in [0.15, 0.2) is 30.5 Å². The van der Waals surface area contributed by atoms with Crippen LogP contribution in [0.1, 0.15) is 16.1 Å². The van der Waals surface area contributed by atoms with Crippen LogP contribution >= 0.6 is 0 Å². The minimum atomic E-state index is -0.389. The zero-order chi connectivity index (χ0) is 12.7. The Labute approximate surface area is 103 Å². The molecule has 0 saturated carbocycles. The van der Waals surface area contributed by atoms with Gasteiger partial charge in [-0.3, -0.25) is 4.40 Å². The normalized spacial score (nSPS) is 11.0. The van der Waals surface area contributed by atoms with Crippen LogP contribution < -0.4 is 0 Å². The summed E-state index contributed by atoms with van der Waals surface area (Å²) in [5.41, 5.74) is 3.02. The molecule has 0 N–H and O–H groups in total. The molecule has 0 aliphatic rings. The average Bonchev–Trinajstić information content (AvgIpc) is 2.77. The Morgan fingerprint density at radius 2 is 2.11 bits per heavy atom. The second kappa shape index (κ2) is 3.80. The molecule has 0 spiro atoms. The Bertz CT molecular complexity index is 761. The first kappa shape index (κ1) is 10.7. The topological polar surface area (TPSA) is 56.5 Å². The van der Waals surface area contributed by atoms with E-state index in [4.69, 9.17) is 4.74 Å². The van der Waals surface area contributed by atoms with Crippen molar-refractivity contribution >= 4 is 22.8 Å². The van der Waals surface area contributed by atoms with Crippen LogP contribution in [0.5, 0.6) is 0 Å². The summed E-state index contributed by atoms with van der Waals surface area (Å²) in [4.78, 5) is 20.2. The fraction of sp³-hybridized carbons (Fsp3) is 0.154. The van der Waals surface area contributed by atoms with Gasteiger partial charge in [0.15, 0.2) is 0 Å². The minimum absolute atomic E-state index is 0.389. The largest absolute Gasteiger partial charge is 0.465 e. The van der Waals surface area contributed by atoms with Crippen LogP contribution in [-0.4, -0.2) is 27.4 Å². The molecule has 3 aromatic rings. The van der Waals surface area contributed by atoms with E-state index < -0.39 is 0 Å². The molecule has 0 aliphatic carbocycles. The van der Waals surface area contributed by atoms with E-state index in [1.807, 2.05) is 35.6 Å². The van der Waals surface area contributed by atoms with E-state index in [9.17, 15) is 4.79 Å². The Kier molecular flexibility index (Phi) is 2.26. The fourth-order valence-corrected chi connectivity index (χ4v) is 2.08. The maximum absolute atomic E-state index is 11.6. The molecule has 0 amide bonds. The van der Waals surface area contributed by atoms with Gasteiger partial charge in [-0.1, -0.05) is 12.1 Å². The molecule has 0 radical (unpaired) electrons. The molecule has 0 saturated heterocycles.